The summed E-state index contributed by atoms with van der Waals surface area (Å²) in [5, 5.41) is 3.31. The van der Waals surface area contributed by atoms with E-state index in [2.05, 4.69) is 16.4 Å². The maximum absolute atomic E-state index is 12.9. The molecule has 6 nitrogen and oxygen atoms in total. The van der Waals surface area contributed by atoms with Gasteiger partial charge >= 0.3 is 6.18 Å². The first-order chi connectivity index (χ1) is 14.3. The molecule has 2 heterocycles. The lowest BCUT2D eigenvalue weighted by Gasteiger charge is -2.39. The summed E-state index contributed by atoms with van der Waals surface area (Å²) in [4.78, 5) is 21.5. The number of guanidine groups is 1. The van der Waals surface area contributed by atoms with Crippen molar-refractivity contribution in [2.24, 2.45) is 4.99 Å². The summed E-state index contributed by atoms with van der Waals surface area (Å²) >= 11 is 0. The number of carbonyl (C=O) groups is 1. The number of hydrogen-bond donors (Lipinski definition) is 1. The number of benzene rings is 1. The SMILES string of the molecule is CN=C(NCc1cccc(CN2CCCC2=O)c1)N1CCN(C(C)C(F)(F)F)CC1. The van der Waals surface area contributed by atoms with Crippen LogP contribution in [0.15, 0.2) is 29.3 Å². The molecular weight excluding hydrogens is 395 g/mol. The third-order valence-corrected chi connectivity index (χ3v) is 5.83. The zero-order valence-electron chi connectivity index (χ0n) is 17.6. The monoisotopic (exact) mass is 425 g/mol. The van der Waals surface area contributed by atoms with Crippen molar-refractivity contribution in [1.82, 2.24) is 20.0 Å². The van der Waals surface area contributed by atoms with Gasteiger partial charge in [0.05, 0.1) is 0 Å². The molecule has 1 unspecified atom stereocenters. The van der Waals surface area contributed by atoms with Crippen LogP contribution in [-0.2, 0) is 17.9 Å². The number of amides is 1. The van der Waals surface area contributed by atoms with E-state index in [0.717, 1.165) is 24.1 Å². The Morgan fingerprint density at radius 1 is 1.17 bits per heavy atom. The average Bonchev–Trinajstić information content (AvgIpc) is 3.12. The van der Waals surface area contributed by atoms with Gasteiger partial charge in [-0.25, -0.2) is 0 Å². The van der Waals surface area contributed by atoms with Crippen LogP contribution in [0.3, 0.4) is 0 Å². The molecule has 0 saturated carbocycles. The largest absolute Gasteiger partial charge is 0.403 e. The van der Waals surface area contributed by atoms with Crippen LogP contribution in [0.2, 0.25) is 0 Å². The molecule has 1 N–H and O–H groups in total. The fourth-order valence-electron chi connectivity index (χ4n) is 3.97. The number of aliphatic imine (C=N–C) groups is 1. The molecule has 9 heteroatoms. The third kappa shape index (κ3) is 5.65. The van der Waals surface area contributed by atoms with E-state index in [9.17, 15) is 18.0 Å². The van der Waals surface area contributed by atoms with Gasteiger partial charge in [-0.05, 0) is 24.5 Å². The highest BCUT2D eigenvalue weighted by Crippen LogP contribution is 2.25. The van der Waals surface area contributed by atoms with Crippen molar-refractivity contribution in [2.45, 2.75) is 45.1 Å². The van der Waals surface area contributed by atoms with E-state index in [-0.39, 0.29) is 5.91 Å². The molecule has 30 heavy (non-hydrogen) atoms. The third-order valence-electron chi connectivity index (χ3n) is 5.83. The number of alkyl halides is 3. The zero-order chi connectivity index (χ0) is 21.7. The van der Waals surface area contributed by atoms with Crippen LogP contribution in [0.25, 0.3) is 0 Å². The molecule has 2 aliphatic rings. The second kappa shape index (κ2) is 9.68. The first-order valence-electron chi connectivity index (χ1n) is 10.4. The minimum Gasteiger partial charge on any atom is -0.352 e. The van der Waals surface area contributed by atoms with E-state index < -0.39 is 12.2 Å². The maximum atomic E-state index is 12.9. The number of hydrogen-bond acceptors (Lipinski definition) is 3. The number of likely N-dealkylation sites (tertiary alicyclic amines) is 1. The number of carbonyl (C=O) groups excluding carboxylic acids is 1. The summed E-state index contributed by atoms with van der Waals surface area (Å²) in [6.45, 7) is 4.91. The maximum Gasteiger partial charge on any atom is 0.403 e. The number of halogens is 3. The molecule has 0 bridgehead atoms. The summed E-state index contributed by atoms with van der Waals surface area (Å²) in [5.74, 6) is 0.896. The van der Waals surface area contributed by atoms with E-state index >= 15 is 0 Å². The first-order valence-corrected chi connectivity index (χ1v) is 10.4. The van der Waals surface area contributed by atoms with Gasteiger partial charge in [-0.3, -0.25) is 14.7 Å². The molecule has 0 aliphatic carbocycles. The van der Waals surface area contributed by atoms with Gasteiger partial charge in [-0.1, -0.05) is 24.3 Å². The van der Waals surface area contributed by atoms with Gasteiger partial charge in [0, 0.05) is 59.3 Å². The Hall–Kier alpha value is -2.29. The first kappa shape index (κ1) is 22.4. The zero-order valence-corrected chi connectivity index (χ0v) is 17.6. The number of nitrogens with zero attached hydrogens (tertiary/aromatic N) is 4. The van der Waals surface area contributed by atoms with Crippen LogP contribution in [0.5, 0.6) is 0 Å². The molecule has 0 radical (unpaired) electrons. The van der Waals surface area contributed by atoms with Crippen LogP contribution in [0, 0.1) is 0 Å². The van der Waals surface area contributed by atoms with Gasteiger partial charge in [-0.15, -0.1) is 0 Å². The molecule has 0 aromatic heterocycles. The van der Waals surface area contributed by atoms with Gasteiger partial charge < -0.3 is 15.1 Å². The van der Waals surface area contributed by atoms with Crippen molar-refractivity contribution in [2.75, 3.05) is 39.8 Å². The Balaban J connectivity index is 1.51. The van der Waals surface area contributed by atoms with Crippen molar-refractivity contribution in [3.05, 3.63) is 35.4 Å². The fourth-order valence-corrected chi connectivity index (χ4v) is 3.97. The van der Waals surface area contributed by atoms with E-state index in [1.54, 1.807) is 7.05 Å². The van der Waals surface area contributed by atoms with Crippen molar-refractivity contribution in [1.29, 1.82) is 0 Å². The lowest BCUT2D eigenvalue weighted by Crippen LogP contribution is -2.56. The van der Waals surface area contributed by atoms with Crippen molar-refractivity contribution in [3.63, 3.8) is 0 Å². The highest BCUT2D eigenvalue weighted by atomic mass is 19.4. The smallest absolute Gasteiger partial charge is 0.352 e. The number of piperazine rings is 1. The fraction of sp³-hybridized carbons (Fsp3) is 0.619. The van der Waals surface area contributed by atoms with E-state index in [0.29, 0.717) is 51.6 Å². The van der Waals surface area contributed by atoms with Gasteiger partial charge in [-0.2, -0.15) is 13.2 Å². The number of nitrogens with one attached hydrogen (secondary N) is 1. The summed E-state index contributed by atoms with van der Waals surface area (Å²) in [6, 6.07) is 6.66. The van der Waals surface area contributed by atoms with Crippen LogP contribution >= 0.6 is 0 Å². The predicted octanol–water partition coefficient (Wildman–Crippen LogP) is 2.45. The molecule has 2 aliphatic heterocycles. The Morgan fingerprint density at radius 2 is 1.87 bits per heavy atom. The van der Waals surface area contributed by atoms with Crippen LogP contribution in [0.4, 0.5) is 13.2 Å². The standard InChI is InChI=1S/C21H30F3N5O/c1-16(21(22,23)24)27-9-11-28(12-10-27)20(25-2)26-14-17-5-3-6-18(13-17)15-29-8-4-7-19(29)30/h3,5-6,13,16H,4,7-12,14-15H2,1-2H3,(H,25,26). The molecule has 1 aromatic carbocycles. The van der Waals surface area contributed by atoms with Gasteiger partial charge in [0.2, 0.25) is 5.91 Å². The summed E-state index contributed by atoms with van der Waals surface area (Å²) in [6.07, 6.45) is -2.65. The summed E-state index contributed by atoms with van der Waals surface area (Å²) in [7, 11) is 1.68. The Bertz CT molecular complexity index is 759. The number of rotatable bonds is 5. The quantitative estimate of drug-likeness (QED) is 0.582. The van der Waals surface area contributed by atoms with Crippen LogP contribution < -0.4 is 5.32 Å². The topological polar surface area (TPSA) is 51.2 Å². The highest BCUT2D eigenvalue weighted by molar-refractivity contribution is 5.80. The average molecular weight is 425 g/mol. The van der Waals surface area contributed by atoms with E-state index in [1.807, 2.05) is 28.0 Å². The Labute approximate surface area is 175 Å². The van der Waals surface area contributed by atoms with Gasteiger partial charge in [0.1, 0.15) is 6.04 Å². The van der Waals surface area contributed by atoms with Gasteiger partial charge in [0.15, 0.2) is 5.96 Å². The highest BCUT2D eigenvalue weighted by Gasteiger charge is 2.41. The van der Waals surface area contributed by atoms with E-state index in [1.165, 1.54) is 11.8 Å². The summed E-state index contributed by atoms with van der Waals surface area (Å²) < 4.78 is 38.8. The molecule has 2 saturated heterocycles. The second-order valence-corrected chi connectivity index (χ2v) is 7.88. The lowest BCUT2D eigenvalue weighted by molar-refractivity contribution is -0.181. The van der Waals surface area contributed by atoms with Crippen molar-refractivity contribution < 1.29 is 18.0 Å². The van der Waals surface area contributed by atoms with Crippen molar-refractivity contribution >= 4 is 11.9 Å². The van der Waals surface area contributed by atoms with Crippen LogP contribution in [0.1, 0.15) is 30.9 Å². The lowest BCUT2D eigenvalue weighted by atomic mass is 10.1. The van der Waals surface area contributed by atoms with E-state index in [4.69, 9.17) is 0 Å². The molecule has 166 valence electrons. The minimum atomic E-state index is -4.20. The Kier molecular flexibility index (Phi) is 7.23. The minimum absolute atomic E-state index is 0.206. The van der Waals surface area contributed by atoms with Gasteiger partial charge in [0.25, 0.3) is 0 Å². The molecule has 1 aromatic rings. The molecule has 3 rings (SSSR count). The molecule has 1 atom stereocenters. The molecule has 0 spiro atoms. The molecular formula is C21H30F3N5O. The summed E-state index contributed by atoms with van der Waals surface area (Å²) in [5.41, 5.74) is 2.17. The normalized spacial score (nSPS) is 20.0. The molecule has 1 amide bonds. The predicted molar refractivity (Wildman–Crippen MR) is 110 cm³/mol. The van der Waals surface area contributed by atoms with Crippen molar-refractivity contribution in [3.8, 4) is 0 Å². The Morgan fingerprint density at radius 3 is 2.47 bits per heavy atom. The van der Waals surface area contributed by atoms with Crippen LogP contribution in [-0.4, -0.2) is 78.6 Å². The second-order valence-electron chi connectivity index (χ2n) is 7.88. The molecule has 2 fully saturated rings.